The highest BCUT2D eigenvalue weighted by Crippen LogP contribution is 2.11. The summed E-state index contributed by atoms with van der Waals surface area (Å²) in [6.07, 6.45) is 2.44. The first kappa shape index (κ1) is 14.2. The number of hydrogen-bond donors (Lipinski definition) is 3. The number of guanidine groups is 1. The van der Waals surface area contributed by atoms with E-state index < -0.39 is 6.10 Å². The van der Waals surface area contributed by atoms with Crippen LogP contribution in [0.3, 0.4) is 0 Å². The van der Waals surface area contributed by atoms with Gasteiger partial charge in [-0.05, 0) is 31.2 Å². The SMILES string of the molecule is CCNC(=NCc1ccco1)NCC(O)c1ccco1. The van der Waals surface area contributed by atoms with E-state index in [1.165, 1.54) is 6.26 Å². The summed E-state index contributed by atoms with van der Waals surface area (Å²) in [5, 5.41) is 16.1. The summed E-state index contributed by atoms with van der Waals surface area (Å²) in [5.41, 5.74) is 0. The second-order valence-electron chi connectivity index (χ2n) is 4.19. The number of hydrogen-bond acceptors (Lipinski definition) is 4. The molecule has 0 aliphatic carbocycles. The van der Waals surface area contributed by atoms with Crippen LogP contribution >= 0.6 is 0 Å². The van der Waals surface area contributed by atoms with Gasteiger partial charge in [0.15, 0.2) is 5.96 Å². The van der Waals surface area contributed by atoms with Crippen molar-refractivity contribution in [3.8, 4) is 0 Å². The molecule has 2 heterocycles. The molecule has 2 rings (SSSR count). The Bertz CT molecular complexity index is 506. The maximum atomic E-state index is 9.92. The van der Waals surface area contributed by atoms with Crippen molar-refractivity contribution < 1.29 is 13.9 Å². The molecular weight excluding hydrogens is 258 g/mol. The normalized spacial score (nSPS) is 13.2. The maximum absolute atomic E-state index is 9.92. The highest BCUT2D eigenvalue weighted by Gasteiger charge is 2.10. The second-order valence-corrected chi connectivity index (χ2v) is 4.19. The molecule has 2 aromatic heterocycles. The topological polar surface area (TPSA) is 82.9 Å². The van der Waals surface area contributed by atoms with Crippen LogP contribution in [-0.2, 0) is 6.54 Å². The number of nitrogens with one attached hydrogen (secondary N) is 2. The van der Waals surface area contributed by atoms with E-state index in [2.05, 4.69) is 15.6 Å². The smallest absolute Gasteiger partial charge is 0.191 e. The van der Waals surface area contributed by atoms with Gasteiger partial charge in [-0.1, -0.05) is 0 Å². The van der Waals surface area contributed by atoms with E-state index in [1.807, 2.05) is 19.1 Å². The molecule has 0 aromatic carbocycles. The van der Waals surface area contributed by atoms with Crippen LogP contribution in [0.2, 0.25) is 0 Å². The Kier molecular flexibility index (Phi) is 5.25. The van der Waals surface area contributed by atoms with Crippen LogP contribution in [0.15, 0.2) is 50.6 Å². The molecule has 0 saturated heterocycles. The average molecular weight is 277 g/mol. The summed E-state index contributed by atoms with van der Waals surface area (Å²) in [6, 6.07) is 7.17. The number of furan rings is 2. The van der Waals surface area contributed by atoms with Crippen molar-refractivity contribution in [2.75, 3.05) is 13.1 Å². The first-order valence-corrected chi connectivity index (χ1v) is 6.55. The van der Waals surface area contributed by atoms with Crippen molar-refractivity contribution in [2.24, 2.45) is 4.99 Å². The molecule has 6 nitrogen and oxygen atoms in total. The Balaban J connectivity index is 1.87. The van der Waals surface area contributed by atoms with Crippen LogP contribution < -0.4 is 10.6 Å². The fourth-order valence-electron chi connectivity index (χ4n) is 1.68. The molecule has 1 atom stereocenters. The van der Waals surface area contributed by atoms with E-state index in [9.17, 15) is 5.11 Å². The molecule has 0 saturated carbocycles. The minimum Gasteiger partial charge on any atom is -0.467 e. The predicted octanol–water partition coefficient (Wildman–Crippen LogP) is 1.66. The molecule has 108 valence electrons. The van der Waals surface area contributed by atoms with E-state index in [0.717, 1.165) is 12.3 Å². The van der Waals surface area contributed by atoms with Crippen LogP contribution in [-0.4, -0.2) is 24.2 Å². The summed E-state index contributed by atoms with van der Waals surface area (Å²) in [7, 11) is 0. The first-order chi connectivity index (χ1) is 9.79. The number of aliphatic imine (C=N–C) groups is 1. The second kappa shape index (κ2) is 7.40. The van der Waals surface area contributed by atoms with Gasteiger partial charge in [-0.3, -0.25) is 0 Å². The lowest BCUT2D eigenvalue weighted by atomic mass is 10.3. The molecule has 20 heavy (non-hydrogen) atoms. The highest BCUT2D eigenvalue weighted by molar-refractivity contribution is 5.79. The van der Waals surface area contributed by atoms with Gasteiger partial charge in [0.2, 0.25) is 0 Å². The number of nitrogens with zero attached hydrogens (tertiary/aromatic N) is 1. The summed E-state index contributed by atoms with van der Waals surface area (Å²) < 4.78 is 10.4. The van der Waals surface area contributed by atoms with Crippen molar-refractivity contribution >= 4 is 5.96 Å². The Labute approximate surface area is 117 Å². The summed E-state index contributed by atoms with van der Waals surface area (Å²) in [5.74, 6) is 1.93. The van der Waals surface area contributed by atoms with Crippen molar-refractivity contribution in [3.05, 3.63) is 48.3 Å². The zero-order chi connectivity index (χ0) is 14.2. The lowest BCUT2D eigenvalue weighted by molar-refractivity contribution is 0.153. The minimum absolute atomic E-state index is 0.317. The van der Waals surface area contributed by atoms with Crippen LogP contribution in [0.1, 0.15) is 24.5 Å². The van der Waals surface area contributed by atoms with Crippen LogP contribution in [0, 0.1) is 0 Å². The van der Waals surface area contributed by atoms with E-state index >= 15 is 0 Å². The first-order valence-electron chi connectivity index (χ1n) is 6.55. The van der Waals surface area contributed by atoms with Gasteiger partial charge in [0, 0.05) is 6.54 Å². The summed E-state index contributed by atoms with van der Waals surface area (Å²) in [4.78, 5) is 4.37. The van der Waals surface area contributed by atoms with Gasteiger partial charge in [0.1, 0.15) is 24.2 Å². The molecule has 2 aromatic rings. The largest absolute Gasteiger partial charge is 0.467 e. The van der Waals surface area contributed by atoms with Crippen molar-refractivity contribution in [1.82, 2.24) is 10.6 Å². The van der Waals surface area contributed by atoms with E-state index in [0.29, 0.717) is 24.8 Å². The molecule has 0 aliphatic rings. The molecule has 1 unspecified atom stereocenters. The lowest BCUT2D eigenvalue weighted by Gasteiger charge is -2.13. The quantitative estimate of drug-likeness (QED) is 0.552. The average Bonchev–Trinajstić information content (AvgIpc) is 3.13. The van der Waals surface area contributed by atoms with Crippen LogP contribution in [0.25, 0.3) is 0 Å². The van der Waals surface area contributed by atoms with Gasteiger partial charge >= 0.3 is 0 Å². The third-order valence-electron chi connectivity index (χ3n) is 2.65. The van der Waals surface area contributed by atoms with Crippen LogP contribution in [0.5, 0.6) is 0 Å². The van der Waals surface area contributed by atoms with E-state index in [1.54, 1.807) is 18.4 Å². The summed E-state index contributed by atoms with van der Waals surface area (Å²) >= 11 is 0. The fourth-order valence-corrected chi connectivity index (χ4v) is 1.68. The summed E-state index contributed by atoms with van der Waals surface area (Å²) in [6.45, 7) is 3.48. The number of aliphatic hydroxyl groups is 1. The lowest BCUT2D eigenvalue weighted by Crippen LogP contribution is -2.39. The molecule has 0 aliphatic heterocycles. The zero-order valence-corrected chi connectivity index (χ0v) is 11.4. The van der Waals surface area contributed by atoms with Gasteiger partial charge in [0.25, 0.3) is 0 Å². The van der Waals surface area contributed by atoms with Gasteiger partial charge in [-0.15, -0.1) is 0 Å². The molecule has 6 heteroatoms. The fraction of sp³-hybridized carbons (Fsp3) is 0.357. The molecule has 0 fully saturated rings. The standard InChI is InChI=1S/C14H19N3O3/c1-2-15-14(16-9-11-5-3-7-19-11)17-10-12(18)13-6-4-8-20-13/h3-8,12,18H,2,9-10H2,1H3,(H2,15,16,17). The van der Waals surface area contributed by atoms with Crippen molar-refractivity contribution in [3.63, 3.8) is 0 Å². The Morgan fingerprint density at radius 3 is 2.70 bits per heavy atom. The molecule has 0 amide bonds. The van der Waals surface area contributed by atoms with Gasteiger partial charge in [-0.25, -0.2) is 4.99 Å². The monoisotopic (exact) mass is 277 g/mol. The third kappa shape index (κ3) is 4.17. The molecule has 0 bridgehead atoms. The Morgan fingerprint density at radius 1 is 1.25 bits per heavy atom. The predicted molar refractivity (Wildman–Crippen MR) is 75.2 cm³/mol. The number of aliphatic hydroxyl groups excluding tert-OH is 1. The Hall–Kier alpha value is -2.21. The molecule has 0 spiro atoms. The van der Waals surface area contributed by atoms with Crippen molar-refractivity contribution in [1.29, 1.82) is 0 Å². The van der Waals surface area contributed by atoms with Gasteiger partial charge in [0.05, 0.1) is 19.1 Å². The molecule has 3 N–H and O–H groups in total. The van der Waals surface area contributed by atoms with Crippen molar-refractivity contribution in [2.45, 2.75) is 19.6 Å². The van der Waals surface area contributed by atoms with E-state index in [-0.39, 0.29) is 0 Å². The zero-order valence-electron chi connectivity index (χ0n) is 11.4. The third-order valence-corrected chi connectivity index (χ3v) is 2.65. The molecule has 0 radical (unpaired) electrons. The maximum Gasteiger partial charge on any atom is 0.191 e. The van der Waals surface area contributed by atoms with Gasteiger partial charge in [-0.2, -0.15) is 0 Å². The Morgan fingerprint density at radius 2 is 2.05 bits per heavy atom. The van der Waals surface area contributed by atoms with E-state index in [4.69, 9.17) is 8.83 Å². The molecular formula is C14H19N3O3. The highest BCUT2D eigenvalue weighted by atomic mass is 16.4. The van der Waals surface area contributed by atoms with Gasteiger partial charge < -0.3 is 24.6 Å². The minimum atomic E-state index is -0.711. The number of rotatable bonds is 6. The van der Waals surface area contributed by atoms with Crippen LogP contribution in [0.4, 0.5) is 0 Å².